The van der Waals surface area contributed by atoms with Crippen molar-refractivity contribution in [3.63, 3.8) is 0 Å². The molecule has 1 aliphatic carbocycles. The summed E-state index contributed by atoms with van der Waals surface area (Å²) in [6, 6.07) is 8.02. The Kier molecular flexibility index (Phi) is 4.78. The van der Waals surface area contributed by atoms with E-state index in [9.17, 15) is 4.79 Å². The standard InChI is InChI=1S/C21H28N4O2/c1-14(19-10-23-13-24-19)25-11-17-7-4-8-18(12-25)21(17,27-2)16-6-3-5-15(9-16)20(22)26/h3,5-6,9-10,13-14,17-18H,4,7-8,11-12H2,1-2H3,(H2,22,26)(H,23,24)/t14-,17-,18+,21?/m1/s1. The highest BCUT2D eigenvalue weighted by molar-refractivity contribution is 5.92. The van der Waals surface area contributed by atoms with Gasteiger partial charge in [-0.15, -0.1) is 0 Å². The van der Waals surface area contributed by atoms with Crippen LogP contribution in [0.25, 0.3) is 0 Å². The van der Waals surface area contributed by atoms with Crippen molar-refractivity contribution in [1.29, 1.82) is 0 Å². The van der Waals surface area contributed by atoms with Crippen LogP contribution < -0.4 is 5.73 Å². The number of rotatable bonds is 5. The van der Waals surface area contributed by atoms with E-state index >= 15 is 0 Å². The molecule has 2 fully saturated rings. The van der Waals surface area contributed by atoms with E-state index in [0.29, 0.717) is 23.4 Å². The lowest BCUT2D eigenvalue weighted by Gasteiger charge is -2.56. The number of benzene rings is 1. The second-order valence-electron chi connectivity index (χ2n) is 7.90. The normalized spacial score (nSPS) is 29.4. The molecule has 6 nitrogen and oxygen atoms in total. The molecule has 1 saturated heterocycles. The molecule has 144 valence electrons. The van der Waals surface area contributed by atoms with Crippen LogP contribution in [0.4, 0.5) is 0 Å². The molecule has 2 heterocycles. The van der Waals surface area contributed by atoms with Crippen molar-refractivity contribution in [1.82, 2.24) is 14.9 Å². The summed E-state index contributed by atoms with van der Waals surface area (Å²) in [5.74, 6) is 0.366. The molecule has 1 unspecified atom stereocenters. The fourth-order valence-electron chi connectivity index (χ4n) is 5.31. The number of nitrogens with one attached hydrogen (secondary N) is 1. The predicted molar refractivity (Wildman–Crippen MR) is 103 cm³/mol. The van der Waals surface area contributed by atoms with E-state index in [4.69, 9.17) is 10.5 Å². The number of primary amides is 1. The zero-order valence-electron chi connectivity index (χ0n) is 16.0. The van der Waals surface area contributed by atoms with Crippen molar-refractivity contribution < 1.29 is 9.53 Å². The van der Waals surface area contributed by atoms with Gasteiger partial charge in [-0.3, -0.25) is 9.69 Å². The van der Waals surface area contributed by atoms with E-state index in [0.717, 1.165) is 37.2 Å². The molecule has 1 saturated carbocycles. The van der Waals surface area contributed by atoms with Gasteiger partial charge in [0, 0.05) is 49.8 Å². The first-order valence-electron chi connectivity index (χ1n) is 9.74. The van der Waals surface area contributed by atoms with E-state index in [-0.39, 0.29) is 5.60 Å². The maximum absolute atomic E-state index is 11.7. The zero-order chi connectivity index (χ0) is 19.0. The highest BCUT2D eigenvalue weighted by atomic mass is 16.5. The second-order valence-corrected chi connectivity index (χ2v) is 7.90. The van der Waals surface area contributed by atoms with Crippen LogP contribution in [0, 0.1) is 11.8 Å². The fourth-order valence-corrected chi connectivity index (χ4v) is 5.31. The molecule has 0 radical (unpaired) electrons. The molecule has 1 aromatic heterocycles. The van der Waals surface area contributed by atoms with Crippen LogP contribution in [0.5, 0.6) is 0 Å². The summed E-state index contributed by atoms with van der Waals surface area (Å²) in [6.45, 7) is 4.16. The van der Waals surface area contributed by atoms with E-state index in [2.05, 4.69) is 27.9 Å². The van der Waals surface area contributed by atoms with E-state index in [1.807, 2.05) is 25.4 Å². The average Bonchev–Trinajstić information content (AvgIpc) is 3.21. The molecule has 4 rings (SSSR count). The number of methoxy groups -OCH3 is 1. The Balaban J connectivity index is 1.68. The van der Waals surface area contributed by atoms with Gasteiger partial charge in [0.2, 0.25) is 5.91 Å². The lowest BCUT2D eigenvalue weighted by molar-refractivity contribution is -0.174. The molecule has 6 heteroatoms. The maximum atomic E-state index is 11.7. The molecule has 27 heavy (non-hydrogen) atoms. The minimum atomic E-state index is -0.390. The van der Waals surface area contributed by atoms with Crippen molar-refractivity contribution in [2.24, 2.45) is 17.6 Å². The molecule has 2 aromatic rings. The smallest absolute Gasteiger partial charge is 0.248 e. The van der Waals surface area contributed by atoms with Crippen molar-refractivity contribution in [3.8, 4) is 0 Å². The number of amides is 1. The Hall–Kier alpha value is -2.18. The van der Waals surface area contributed by atoms with Crippen LogP contribution in [0.1, 0.15) is 53.8 Å². The molecule has 4 atom stereocenters. The van der Waals surface area contributed by atoms with Crippen molar-refractivity contribution in [3.05, 3.63) is 53.6 Å². The van der Waals surface area contributed by atoms with Crippen LogP contribution in [-0.2, 0) is 10.3 Å². The zero-order valence-corrected chi connectivity index (χ0v) is 16.0. The number of aromatic amines is 1. The molecule has 1 aromatic carbocycles. The number of fused-ring (bicyclic) bond motifs is 2. The number of nitrogens with zero attached hydrogens (tertiary/aromatic N) is 2. The van der Waals surface area contributed by atoms with Crippen LogP contribution in [-0.4, -0.2) is 41.0 Å². The lowest BCUT2D eigenvalue weighted by Crippen LogP contribution is -2.59. The van der Waals surface area contributed by atoms with Gasteiger partial charge in [0.25, 0.3) is 0 Å². The van der Waals surface area contributed by atoms with Crippen molar-refractivity contribution >= 4 is 5.91 Å². The third-order valence-electron chi connectivity index (χ3n) is 6.68. The molecule has 1 aliphatic heterocycles. The summed E-state index contributed by atoms with van der Waals surface area (Å²) >= 11 is 0. The number of H-pyrrole nitrogens is 1. The summed E-state index contributed by atoms with van der Waals surface area (Å²) < 4.78 is 6.29. The summed E-state index contributed by atoms with van der Waals surface area (Å²) in [7, 11) is 1.82. The van der Waals surface area contributed by atoms with Gasteiger partial charge in [-0.05, 0) is 37.5 Å². The summed E-state index contributed by atoms with van der Waals surface area (Å²) in [5, 5.41) is 0. The molecule has 2 aliphatic rings. The number of hydrogen-bond acceptors (Lipinski definition) is 4. The third-order valence-corrected chi connectivity index (χ3v) is 6.68. The molecule has 1 amide bonds. The van der Waals surface area contributed by atoms with Gasteiger partial charge in [0.15, 0.2) is 0 Å². The number of piperidine rings is 1. The highest BCUT2D eigenvalue weighted by Crippen LogP contribution is 2.52. The fraction of sp³-hybridized carbons (Fsp3) is 0.524. The van der Waals surface area contributed by atoms with Gasteiger partial charge < -0.3 is 15.5 Å². The van der Waals surface area contributed by atoms with E-state index in [1.165, 1.54) is 6.42 Å². The van der Waals surface area contributed by atoms with Crippen LogP contribution >= 0.6 is 0 Å². The molecule has 2 bridgehead atoms. The quantitative estimate of drug-likeness (QED) is 0.850. The topological polar surface area (TPSA) is 84.2 Å². The first-order valence-corrected chi connectivity index (χ1v) is 9.74. The highest BCUT2D eigenvalue weighted by Gasteiger charge is 2.53. The molecule has 0 spiro atoms. The molecular formula is C21H28N4O2. The van der Waals surface area contributed by atoms with Gasteiger partial charge >= 0.3 is 0 Å². The predicted octanol–water partition coefficient (Wildman–Crippen LogP) is 2.84. The van der Waals surface area contributed by atoms with Gasteiger partial charge in [0.05, 0.1) is 12.0 Å². The number of carbonyl (C=O) groups is 1. The Morgan fingerprint density at radius 1 is 1.37 bits per heavy atom. The number of carbonyl (C=O) groups excluding carboxylic acids is 1. The number of nitrogens with two attached hydrogens (primary N) is 1. The maximum Gasteiger partial charge on any atom is 0.248 e. The van der Waals surface area contributed by atoms with Gasteiger partial charge in [-0.25, -0.2) is 4.98 Å². The second kappa shape index (κ2) is 7.09. The Labute approximate surface area is 160 Å². The third kappa shape index (κ3) is 2.97. The molecular weight excluding hydrogens is 340 g/mol. The number of hydrogen-bond donors (Lipinski definition) is 2. The first-order chi connectivity index (χ1) is 13.1. The van der Waals surface area contributed by atoms with Gasteiger partial charge in [-0.2, -0.15) is 0 Å². The number of aromatic nitrogens is 2. The number of imidazole rings is 1. The number of ether oxygens (including phenoxy) is 1. The van der Waals surface area contributed by atoms with Crippen molar-refractivity contribution in [2.45, 2.75) is 37.8 Å². The Morgan fingerprint density at radius 2 is 2.11 bits per heavy atom. The molecule has 3 N–H and O–H groups in total. The largest absolute Gasteiger partial charge is 0.373 e. The minimum Gasteiger partial charge on any atom is -0.373 e. The summed E-state index contributed by atoms with van der Waals surface area (Å²) in [5.41, 5.74) is 7.96. The van der Waals surface area contributed by atoms with Crippen LogP contribution in [0.2, 0.25) is 0 Å². The minimum absolute atomic E-state index is 0.294. The number of likely N-dealkylation sites (tertiary alicyclic amines) is 1. The first kappa shape index (κ1) is 18.2. The Morgan fingerprint density at radius 3 is 2.70 bits per heavy atom. The average molecular weight is 368 g/mol. The van der Waals surface area contributed by atoms with Crippen LogP contribution in [0.15, 0.2) is 36.8 Å². The lowest BCUT2D eigenvalue weighted by atomic mass is 9.62. The summed E-state index contributed by atoms with van der Waals surface area (Å²) in [6.07, 6.45) is 7.12. The van der Waals surface area contributed by atoms with E-state index < -0.39 is 5.91 Å². The van der Waals surface area contributed by atoms with Gasteiger partial charge in [0.1, 0.15) is 5.60 Å². The Bertz CT molecular complexity index is 790. The summed E-state index contributed by atoms with van der Waals surface area (Å²) in [4.78, 5) is 21.7. The SMILES string of the molecule is COC1(c2cccc(C(N)=O)c2)[C@@H]2CCC[C@H]1CN([C@H](C)c1cnc[nH]1)C2. The monoisotopic (exact) mass is 368 g/mol. The van der Waals surface area contributed by atoms with Crippen molar-refractivity contribution in [2.75, 3.05) is 20.2 Å². The van der Waals surface area contributed by atoms with Crippen LogP contribution in [0.3, 0.4) is 0 Å². The van der Waals surface area contributed by atoms with E-state index in [1.54, 1.807) is 12.4 Å². The van der Waals surface area contributed by atoms with Gasteiger partial charge in [-0.1, -0.05) is 18.6 Å².